The van der Waals surface area contributed by atoms with Crippen molar-refractivity contribution in [2.75, 3.05) is 13.2 Å². The molecule has 6 heteroatoms. The lowest BCUT2D eigenvalue weighted by Gasteiger charge is -2.18. The Hall–Kier alpha value is -4.97. The average molecular weight is 1060 g/mol. The van der Waals surface area contributed by atoms with E-state index >= 15 is 0 Å². The summed E-state index contributed by atoms with van der Waals surface area (Å²) in [5, 5.41) is 0. The summed E-state index contributed by atoms with van der Waals surface area (Å²) in [6.07, 6.45) is 92.4. The van der Waals surface area contributed by atoms with Crippen molar-refractivity contribution in [3.05, 3.63) is 158 Å². The highest BCUT2D eigenvalue weighted by Crippen LogP contribution is 2.14. The highest BCUT2D eigenvalue weighted by Gasteiger charge is 2.19. The summed E-state index contributed by atoms with van der Waals surface area (Å²) in [6, 6.07) is 0. The number of hydrogen-bond acceptors (Lipinski definition) is 6. The summed E-state index contributed by atoms with van der Waals surface area (Å²) in [5.41, 5.74) is 0. The molecule has 0 bridgehead atoms. The molecule has 0 fully saturated rings. The Bertz CT molecular complexity index is 1740. The molecule has 77 heavy (non-hydrogen) atoms. The fourth-order valence-electron chi connectivity index (χ4n) is 7.98. The van der Waals surface area contributed by atoms with Crippen molar-refractivity contribution in [1.82, 2.24) is 0 Å². The van der Waals surface area contributed by atoms with Crippen molar-refractivity contribution in [3.8, 4) is 0 Å². The summed E-state index contributed by atoms with van der Waals surface area (Å²) < 4.78 is 16.9. The molecule has 0 saturated carbocycles. The molecule has 0 aliphatic carbocycles. The highest BCUT2D eigenvalue weighted by atomic mass is 16.6. The zero-order valence-corrected chi connectivity index (χ0v) is 49.4. The zero-order valence-electron chi connectivity index (χ0n) is 49.4. The molecule has 0 aliphatic heterocycles. The van der Waals surface area contributed by atoms with Crippen LogP contribution in [0, 0.1) is 0 Å². The van der Waals surface area contributed by atoms with E-state index in [-0.39, 0.29) is 31.1 Å². The van der Waals surface area contributed by atoms with E-state index in [2.05, 4.69) is 179 Å². The van der Waals surface area contributed by atoms with Crippen molar-refractivity contribution >= 4 is 17.9 Å². The van der Waals surface area contributed by atoms with Gasteiger partial charge in [0, 0.05) is 19.3 Å². The predicted molar refractivity (Wildman–Crippen MR) is 334 cm³/mol. The number of hydrogen-bond donors (Lipinski definition) is 0. The number of unbranched alkanes of at least 4 members (excludes halogenated alkanes) is 17. The van der Waals surface area contributed by atoms with Crippen LogP contribution in [0.25, 0.3) is 0 Å². The van der Waals surface area contributed by atoms with Gasteiger partial charge in [0.1, 0.15) is 13.2 Å². The maximum atomic E-state index is 12.9. The number of rotatable bonds is 54. The summed E-state index contributed by atoms with van der Waals surface area (Å²) in [4.78, 5) is 38.3. The lowest BCUT2D eigenvalue weighted by atomic mass is 10.0. The first-order valence-corrected chi connectivity index (χ1v) is 31.0. The monoisotopic (exact) mass is 1060 g/mol. The predicted octanol–water partition coefficient (Wildman–Crippen LogP) is 21.3. The molecule has 0 N–H and O–H groups in total. The first-order valence-electron chi connectivity index (χ1n) is 31.0. The fraction of sp³-hybridized carbons (Fsp3) is 0.592. The summed E-state index contributed by atoms with van der Waals surface area (Å²) >= 11 is 0. The quantitative estimate of drug-likeness (QED) is 0.0261. The van der Waals surface area contributed by atoms with Crippen LogP contribution < -0.4 is 0 Å². The third-order valence-corrected chi connectivity index (χ3v) is 12.5. The Kier molecular flexibility index (Phi) is 59.5. The van der Waals surface area contributed by atoms with E-state index in [1.807, 2.05) is 0 Å². The minimum absolute atomic E-state index is 0.109. The van der Waals surface area contributed by atoms with Crippen LogP contribution in [0.1, 0.15) is 252 Å². The Morgan fingerprint density at radius 3 is 0.740 bits per heavy atom. The van der Waals surface area contributed by atoms with Crippen LogP contribution in [-0.2, 0) is 28.6 Å². The Labute approximate surface area is 473 Å². The smallest absolute Gasteiger partial charge is 0.306 e. The van der Waals surface area contributed by atoms with Gasteiger partial charge >= 0.3 is 17.9 Å². The fourth-order valence-corrected chi connectivity index (χ4v) is 7.98. The molecule has 1 atom stereocenters. The van der Waals surface area contributed by atoms with Gasteiger partial charge in [-0.05, 0) is 141 Å². The molecular formula is C71H112O6. The van der Waals surface area contributed by atoms with E-state index < -0.39 is 6.10 Å². The SMILES string of the molecule is CC/C=C\C/C=C\C/C=C\C/C=C\C/C=C\C/C=C\CCCCCCC(=O)OCC(COC(=O)CCCCC/C=C\C/C=C\C/C=C\CC)OC(=O)CCCCCCCCCCCC/C=C\C/C=C\C/C=C\C/C=C\CC. The van der Waals surface area contributed by atoms with Crippen LogP contribution in [0.2, 0.25) is 0 Å². The lowest BCUT2D eigenvalue weighted by Crippen LogP contribution is -2.30. The van der Waals surface area contributed by atoms with Gasteiger partial charge in [0.15, 0.2) is 6.10 Å². The van der Waals surface area contributed by atoms with Gasteiger partial charge in [0.2, 0.25) is 0 Å². The van der Waals surface area contributed by atoms with Crippen LogP contribution in [0.4, 0.5) is 0 Å². The molecule has 0 spiro atoms. The van der Waals surface area contributed by atoms with Crippen LogP contribution in [0.3, 0.4) is 0 Å². The molecule has 6 nitrogen and oxygen atoms in total. The van der Waals surface area contributed by atoms with E-state index in [0.29, 0.717) is 19.3 Å². The van der Waals surface area contributed by atoms with Crippen molar-refractivity contribution in [1.29, 1.82) is 0 Å². The molecule has 0 radical (unpaired) electrons. The second kappa shape index (κ2) is 63.6. The largest absolute Gasteiger partial charge is 0.462 e. The molecule has 0 rings (SSSR count). The second-order valence-corrected chi connectivity index (χ2v) is 19.8. The van der Waals surface area contributed by atoms with Gasteiger partial charge in [-0.2, -0.15) is 0 Å². The van der Waals surface area contributed by atoms with Crippen LogP contribution in [0.5, 0.6) is 0 Å². The summed E-state index contributed by atoms with van der Waals surface area (Å²) in [7, 11) is 0. The Morgan fingerprint density at radius 1 is 0.260 bits per heavy atom. The lowest BCUT2D eigenvalue weighted by molar-refractivity contribution is -0.167. The molecule has 0 aromatic heterocycles. The van der Waals surface area contributed by atoms with Crippen LogP contribution in [0.15, 0.2) is 158 Å². The molecule has 0 amide bonds. The van der Waals surface area contributed by atoms with E-state index in [9.17, 15) is 14.4 Å². The number of carbonyl (C=O) groups is 3. The standard InChI is InChI=1S/C71H112O6/c1-4-7-10-13-16-19-22-25-27-29-31-33-35-37-39-41-43-46-49-52-55-58-61-64-70(73)76-67-68(66-75-69(72)63-60-57-54-51-48-45-24-21-18-15-12-9-6-3)77-71(74)65-62-59-56-53-50-47-44-42-40-38-36-34-32-30-28-26-23-20-17-14-11-8-5-2/h7-12,16-21,25-28,31-34,37,39,43,45-46,48,68H,4-6,13-15,22-24,29-30,35-36,38,40-42,44,47,49-67H2,1-3H3/b10-7-,11-8-,12-9-,19-16-,20-17-,21-18-,27-25-,28-26-,33-31-,34-32-,39-37-,46-43-,48-45-. The maximum Gasteiger partial charge on any atom is 0.306 e. The van der Waals surface area contributed by atoms with Crippen LogP contribution in [-0.4, -0.2) is 37.2 Å². The van der Waals surface area contributed by atoms with Crippen molar-refractivity contribution in [2.24, 2.45) is 0 Å². The molecule has 1 unspecified atom stereocenters. The number of esters is 3. The normalized spacial score (nSPS) is 13.2. The molecule has 0 aromatic rings. The molecule has 0 heterocycles. The van der Waals surface area contributed by atoms with Crippen molar-refractivity contribution < 1.29 is 28.6 Å². The summed E-state index contributed by atoms with van der Waals surface area (Å²) in [6.45, 7) is 6.24. The van der Waals surface area contributed by atoms with Gasteiger partial charge in [-0.3, -0.25) is 14.4 Å². The van der Waals surface area contributed by atoms with E-state index in [4.69, 9.17) is 14.2 Å². The first-order chi connectivity index (χ1) is 38.0. The van der Waals surface area contributed by atoms with Crippen LogP contribution >= 0.6 is 0 Å². The van der Waals surface area contributed by atoms with Crippen molar-refractivity contribution in [2.45, 2.75) is 258 Å². The minimum Gasteiger partial charge on any atom is -0.462 e. The van der Waals surface area contributed by atoms with E-state index in [1.54, 1.807) is 0 Å². The average Bonchev–Trinajstić information content (AvgIpc) is 3.43. The second-order valence-electron chi connectivity index (χ2n) is 19.8. The highest BCUT2D eigenvalue weighted by molar-refractivity contribution is 5.71. The van der Waals surface area contributed by atoms with Gasteiger partial charge in [0.25, 0.3) is 0 Å². The maximum absolute atomic E-state index is 12.9. The van der Waals surface area contributed by atoms with Gasteiger partial charge in [-0.25, -0.2) is 0 Å². The molecular weight excluding hydrogens is 949 g/mol. The van der Waals surface area contributed by atoms with Crippen molar-refractivity contribution in [3.63, 3.8) is 0 Å². The Balaban J connectivity index is 4.45. The topological polar surface area (TPSA) is 78.9 Å². The minimum atomic E-state index is -0.812. The van der Waals surface area contributed by atoms with Gasteiger partial charge < -0.3 is 14.2 Å². The summed E-state index contributed by atoms with van der Waals surface area (Å²) in [5.74, 6) is -0.970. The van der Waals surface area contributed by atoms with Gasteiger partial charge in [-0.1, -0.05) is 249 Å². The molecule has 432 valence electrons. The van der Waals surface area contributed by atoms with Gasteiger partial charge in [-0.15, -0.1) is 0 Å². The third-order valence-electron chi connectivity index (χ3n) is 12.5. The zero-order chi connectivity index (χ0) is 55.7. The van der Waals surface area contributed by atoms with E-state index in [1.165, 1.54) is 51.4 Å². The first kappa shape index (κ1) is 72.0. The van der Waals surface area contributed by atoms with Gasteiger partial charge in [0.05, 0.1) is 0 Å². The molecule has 0 aliphatic rings. The third kappa shape index (κ3) is 61.8. The number of allylic oxidation sites excluding steroid dienone is 26. The number of carbonyl (C=O) groups excluding carboxylic acids is 3. The van der Waals surface area contributed by atoms with E-state index in [0.717, 1.165) is 161 Å². The Morgan fingerprint density at radius 2 is 0.468 bits per heavy atom. The number of ether oxygens (including phenoxy) is 3. The molecule has 0 aromatic carbocycles. The molecule has 0 saturated heterocycles.